The van der Waals surface area contributed by atoms with Crippen LogP contribution in [0.3, 0.4) is 0 Å². The Hall–Kier alpha value is -3.61. The molecule has 0 amide bonds. The Morgan fingerprint density at radius 3 is 2.68 bits per heavy atom. The van der Waals surface area contributed by atoms with Crippen LogP contribution in [-0.4, -0.2) is 30.4 Å². The number of carboxylic acid groups (broad SMARTS) is 1. The number of allylic oxidation sites excluding steroid dienone is 4. The van der Waals surface area contributed by atoms with E-state index in [1.54, 1.807) is 24.7 Å². The minimum absolute atomic E-state index is 0.144. The van der Waals surface area contributed by atoms with E-state index in [1.807, 2.05) is 27.6 Å². The van der Waals surface area contributed by atoms with Crippen molar-refractivity contribution in [2.45, 2.75) is 46.0 Å². The van der Waals surface area contributed by atoms with Crippen LogP contribution < -0.4 is 5.32 Å². The normalized spacial score (nSPS) is 14.2. The van der Waals surface area contributed by atoms with Crippen molar-refractivity contribution in [3.63, 3.8) is 0 Å². The van der Waals surface area contributed by atoms with E-state index in [9.17, 15) is 9.90 Å². The summed E-state index contributed by atoms with van der Waals surface area (Å²) in [6.07, 6.45) is 11.3. The lowest BCUT2D eigenvalue weighted by atomic mass is 9.92. The van der Waals surface area contributed by atoms with Gasteiger partial charge in [-0.05, 0) is 43.5 Å². The van der Waals surface area contributed by atoms with Crippen molar-refractivity contribution < 1.29 is 9.90 Å². The average Bonchev–Trinajstić information content (AvgIpc) is 3.38. The first-order valence-corrected chi connectivity index (χ1v) is 10.3. The van der Waals surface area contributed by atoms with Crippen molar-refractivity contribution in [1.82, 2.24) is 19.3 Å². The van der Waals surface area contributed by atoms with Crippen LogP contribution in [0.4, 0.5) is 11.5 Å². The van der Waals surface area contributed by atoms with Crippen molar-refractivity contribution >= 4 is 23.2 Å². The zero-order valence-corrected chi connectivity index (χ0v) is 18.3. The minimum Gasteiger partial charge on any atom is -0.478 e. The smallest absolute Gasteiger partial charge is 0.337 e. The summed E-state index contributed by atoms with van der Waals surface area (Å²) in [5.41, 5.74) is 4.59. The van der Waals surface area contributed by atoms with Crippen LogP contribution in [0, 0.1) is 0 Å². The van der Waals surface area contributed by atoms with E-state index in [2.05, 4.69) is 50.1 Å². The van der Waals surface area contributed by atoms with Crippen molar-refractivity contribution in [1.29, 1.82) is 0 Å². The predicted molar refractivity (Wildman–Crippen MR) is 122 cm³/mol. The predicted octanol–water partition coefficient (Wildman–Crippen LogP) is 5.39. The van der Waals surface area contributed by atoms with Gasteiger partial charge in [-0.3, -0.25) is 0 Å². The second kappa shape index (κ2) is 7.91. The second-order valence-electron chi connectivity index (χ2n) is 8.78. The standard InChI is InChI=1S/C24H27N5O2/c1-16-7-5-6-8-20(16)29-22(14-21(27-29)24(2,3)4)26-19-13-17(28-12-11-25-15-28)9-10-18(19)23(30)31/h5,7,9-15,26H,6,8H2,1-4H3,(H,30,31). The minimum atomic E-state index is -0.988. The molecule has 1 aliphatic carbocycles. The van der Waals surface area contributed by atoms with Crippen LogP contribution in [0.5, 0.6) is 0 Å². The lowest BCUT2D eigenvalue weighted by Crippen LogP contribution is -2.13. The average molecular weight is 418 g/mol. The van der Waals surface area contributed by atoms with Crippen molar-refractivity contribution in [2.24, 2.45) is 0 Å². The van der Waals surface area contributed by atoms with Crippen molar-refractivity contribution in [2.75, 3.05) is 5.32 Å². The van der Waals surface area contributed by atoms with E-state index in [0.717, 1.165) is 41.3 Å². The quantitative estimate of drug-likeness (QED) is 0.581. The van der Waals surface area contributed by atoms with E-state index in [1.165, 1.54) is 0 Å². The summed E-state index contributed by atoms with van der Waals surface area (Å²) in [6, 6.07) is 7.21. The summed E-state index contributed by atoms with van der Waals surface area (Å²) in [7, 11) is 0. The first-order chi connectivity index (χ1) is 14.7. The molecule has 0 saturated carbocycles. The van der Waals surface area contributed by atoms with Gasteiger partial charge in [0.15, 0.2) is 0 Å². The number of hydrogen-bond donors (Lipinski definition) is 2. The van der Waals surface area contributed by atoms with Gasteiger partial charge in [-0.25, -0.2) is 14.5 Å². The van der Waals surface area contributed by atoms with Crippen LogP contribution in [0.2, 0.25) is 0 Å². The number of carboxylic acids is 1. The molecule has 3 aromatic rings. The SMILES string of the molecule is CC1=C(n2nc(C(C)(C)C)cc2Nc2cc(-n3ccnc3)ccc2C(=O)O)CCC=C1. The Kier molecular flexibility index (Phi) is 5.27. The second-order valence-corrected chi connectivity index (χ2v) is 8.78. The van der Waals surface area contributed by atoms with Crippen LogP contribution in [-0.2, 0) is 5.41 Å². The van der Waals surface area contributed by atoms with Gasteiger partial charge in [0.25, 0.3) is 0 Å². The first kappa shape index (κ1) is 20.7. The Morgan fingerprint density at radius 2 is 2.03 bits per heavy atom. The molecule has 160 valence electrons. The van der Waals surface area contributed by atoms with Gasteiger partial charge in [0.2, 0.25) is 0 Å². The van der Waals surface area contributed by atoms with Crippen LogP contribution >= 0.6 is 0 Å². The summed E-state index contributed by atoms with van der Waals surface area (Å²) in [4.78, 5) is 16.0. The molecule has 4 rings (SSSR count). The third-order valence-electron chi connectivity index (χ3n) is 5.40. The molecular weight excluding hydrogens is 390 g/mol. The van der Waals surface area contributed by atoms with Gasteiger partial charge in [-0.2, -0.15) is 5.10 Å². The summed E-state index contributed by atoms with van der Waals surface area (Å²) >= 11 is 0. The number of aromatic nitrogens is 4. The zero-order valence-electron chi connectivity index (χ0n) is 18.3. The van der Waals surface area contributed by atoms with Gasteiger partial charge in [-0.15, -0.1) is 0 Å². The highest BCUT2D eigenvalue weighted by atomic mass is 16.4. The van der Waals surface area contributed by atoms with E-state index in [-0.39, 0.29) is 11.0 Å². The number of aromatic carboxylic acids is 1. The lowest BCUT2D eigenvalue weighted by Gasteiger charge is -2.18. The highest BCUT2D eigenvalue weighted by Gasteiger charge is 2.23. The van der Waals surface area contributed by atoms with Gasteiger partial charge in [0.1, 0.15) is 5.82 Å². The fourth-order valence-electron chi connectivity index (χ4n) is 3.62. The summed E-state index contributed by atoms with van der Waals surface area (Å²) in [6.45, 7) is 8.44. The first-order valence-electron chi connectivity index (χ1n) is 10.3. The maximum atomic E-state index is 11.9. The van der Waals surface area contributed by atoms with Crippen LogP contribution in [0.25, 0.3) is 11.4 Å². The molecule has 0 atom stereocenters. The van der Waals surface area contributed by atoms with Gasteiger partial charge >= 0.3 is 5.97 Å². The van der Waals surface area contributed by atoms with Crippen LogP contribution in [0.15, 0.2) is 60.7 Å². The lowest BCUT2D eigenvalue weighted by molar-refractivity contribution is 0.0698. The molecule has 0 unspecified atom stereocenters. The molecule has 31 heavy (non-hydrogen) atoms. The Bertz CT molecular complexity index is 1180. The van der Waals surface area contributed by atoms with Gasteiger partial charge in [0, 0.05) is 35.3 Å². The molecule has 0 saturated heterocycles. The number of anilines is 2. The Morgan fingerprint density at radius 1 is 1.23 bits per heavy atom. The van der Waals surface area contributed by atoms with E-state index < -0.39 is 5.97 Å². The highest BCUT2D eigenvalue weighted by molar-refractivity contribution is 5.95. The largest absolute Gasteiger partial charge is 0.478 e. The van der Waals surface area contributed by atoms with Gasteiger partial charge in [0.05, 0.1) is 23.3 Å². The van der Waals surface area contributed by atoms with Crippen LogP contribution in [0.1, 0.15) is 56.6 Å². The zero-order chi connectivity index (χ0) is 22.2. The summed E-state index contributed by atoms with van der Waals surface area (Å²) in [5.74, 6) is -0.238. The third kappa shape index (κ3) is 4.17. The molecule has 0 bridgehead atoms. The molecular formula is C24H27N5O2. The molecule has 2 heterocycles. The molecule has 0 fully saturated rings. The molecule has 2 N–H and O–H groups in total. The van der Waals surface area contributed by atoms with E-state index >= 15 is 0 Å². The number of rotatable bonds is 5. The highest BCUT2D eigenvalue weighted by Crippen LogP contribution is 2.33. The Balaban J connectivity index is 1.84. The molecule has 7 heteroatoms. The topological polar surface area (TPSA) is 85.0 Å². The Labute approximate surface area is 181 Å². The summed E-state index contributed by atoms with van der Waals surface area (Å²) < 4.78 is 3.77. The molecule has 7 nitrogen and oxygen atoms in total. The number of carbonyl (C=O) groups is 1. The van der Waals surface area contributed by atoms with E-state index in [4.69, 9.17) is 5.10 Å². The number of nitrogens with zero attached hydrogens (tertiary/aromatic N) is 4. The fraction of sp³-hybridized carbons (Fsp3) is 0.292. The molecule has 1 aromatic carbocycles. The van der Waals surface area contributed by atoms with E-state index in [0.29, 0.717) is 5.69 Å². The number of nitrogens with one attached hydrogen (secondary N) is 1. The van der Waals surface area contributed by atoms with Gasteiger partial charge in [-0.1, -0.05) is 32.9 Å². The molecule has 1 aliphatic rings. The van der Waals surface area contributed by atoms with Crippen molar-refractivity contribution in [3.05, 3.63) is 72.0 Å². The summed E-state index contributed by atoms with van der Waals surface area (Å²) in [5, 5.41) is 18.0. The number of hydrogen-bond acceptors (Lipinski definition) is 4. The fourth-order valence-corrected chi connectivity index (χ4v) is 3.62. The van der Waals surface area contributed by atoms with Gasteiger partial charge < -0.3 is 15.0 Å². The molecule has 0 radical (unpaired) electrons. The maximum Gasteiger partial charge on any atom is 0.337 e. The van der Waals surface area contributed by atoms with Crippen molar-refractivity contribution in [3.8, 4) is 5.69 Å². The molecule has 2 aromatic heterocycles. The molecule has 0 aliphatic heterocycles. The molecule has 0 spiro atoms. The third-order valence-corrected chi connectivity index (χ3v) is 5.40. The number of imidazole rings is 1. The monoisotopic (exact) mass is 417 g/mol. The maximum absolute atomic E-state index is 11.9. The number of benzene rings is 1.